The minimum atomic E-state index is -4.25. The number of sulfonamides is 1. The SMILES string of the molecule is CNS(=O)(=O)c1ccc(N)c(NCC(F)(F)C(F)F)c1. The average Bonchev–Trinajstić information content (AvgIpc) is 2.37. The Bertz CT molecular complexity index is 578. The van der Waals surface area contributed by atoms with Crippen LogP contribution in [-0.2, 0) is 10.0 Å². The van der Waals surface area contributed by atoms with Crippen molar-refractivity contribution >= 4 is 21.4 Å². The van der Waals surface area contributed by atoms with Crippen LogP contribution in [0.2, 0.25) is 0 Å². The summed E-state index contributed by atoms with van der Waals surface area (Å²) in [6.45, 7) is -1.36. The molecule has 0 heterocycles. The molecule has 0 spiro atoms. The smallest absolute Gasteiger partial charge is 0.324 e. The fourth-order valence-corrected chi connectivity index (χ4v) is 2.02. The molecular weight excluding hydrogens is 302 g/mol. The van der Waals surface area contributed by atoms with Crippen molar-refractivity contribution in [2.24, 2.45) is 0 Å². The first kappa shape index (κ1) is 16.5. The molecule has 0 radical (unpaired) electrons. The van der Waals surface area contributed by atoms with E-state index in [1.54, 1.807) is 0 Å². The van der Waals surface area contributed by atoms with Crippen LogP contribution in [0.25, 0.3) is 0 Å². The van der Waals surface area contributed by atoms with Gasteiger partial charge in [0.25, 0.3) is 0 Å². The van der Waals surface area contributed by atoms with E-state index in [2.05, 4.69) is 0 Å². The Labute approximate surface area is 113 Å². The van der Waals surface area contributed by atoms with Crippen LogP contribution in [-0.4, -0.2) is 34.4 Å². The lowest BCUT2D eigenvalue weighted by atomic mass is 10.2. The lowest BCUT2D eigenvalue weighted by Crippen LogP contribution is -2.35. The number of nitrogens with one attached hydrogen (secondary N) is 2. The maximum atomic E-state index is 12.8. The Hall–Kier alpha value is -1.55. The van der Waals surface area contributed by atoms with Crippen LogP contribution in [0.4, 0.5) is 28.9 Å². The fraction of sp³-hybridized carbons (Fsp3) is 0.400. The molecule has 20 heavy (non-hydrogen) atoms. The van der Waals surface area contributed by atoms with Crippen molar-refractivity contribution < 1.29 is 26.0 Å². The molecule has 0 saturated heterocycles. The minimum absolute atomic E-state index is 0.0369. The molecule has 10 heteroatoms. The zero-order chi connectivity index (χ0) is 15.6. The Morgan fingerprint density at radius 3 is 2.45 bits per heavy atom. The van der Waals surface area contributed by atoms with Gasteiger partial charge in [-0.05, 0) is 25.2 Å². The lowest BCUT2D eigenvalue weighted by molar-refractivity contribution is -0.117. The maximum absolute atomic E-state index is 12.8. The van der Waals surface area contributed by atoms with Crippen molar-refractivity contribution in [1.29, 1.82) is 0 Å². The molecule has 4 N–H and O–H groups in total. The van der Waals surface area contributed by atoms with Gasteiger partial charge in [-0.1, -0.05) is 0 Å². The van der Waals surface area contributed by atoms with E-state index in [1.165, 1.54) is 13.1 Å². The molecule has 0 bridgehead atoms. The second-order valence-electron chi connectivity index (χ2n) is 3.87. The van der Waals surface area contributed by atoms with E-state index < -0.39 is 28.9 Å². The van der Waals surface area contributed by atoms with Crippen LogP contribution in [0.3, 0.4) is 0 Å². The van der Waals surface area contributed by atoms with Crippen molar-refractivity contribution in [1.82, 2.24) is 4.72 Å². The largest absolute Gasteiger partial charge is 0.397 e. The summed E-state index contributed by atoms with van der Waals surface area (Å²) in [6.07, 6.45) is -3.83. The monoisotopic (exact) mass is 315 g/mol. The molecule has 0 atom stereocenters. The second-order valence-corrected chi connectivity index (χ2v) is 5.76. The molecule has 0 aliphatic heterocycles. The van der Waals surface area contributed by atoms with Crippen LogP contribution in [0, 0.1) is 0 Å². The number of benzene rings is 1. The van der Waals surface area contributed by atoms with E-state index in [4.69, 9.17) is 5.73 Å². The molecule has 1 aromatic rings. The topological polar surface area (TPSA) is 84.2 Å². The van der Waals surface area contributed by atoms with E-state index in [1.807, 2.05) is 10.0 Å². The summed E-state index contributed by atoms with van der Waals surface area (Å²) in [4.78, 5) is -0.225. The maximum Gasteiger partial charge on any atom is 0.324 e. The molecule has 5 nitrogen and oxygen atoms in total. The van der Waals surface area contributed by atoms with Crippen molar-refractivity contribution in [3.63, 3.8) is 0 Å². The van der Waals surface area contributed by atoms with E-state index in [0.717, 1.165) is 12.1 Å². The van der Waals surface area contributed by atoms with Gasteiger partial charge in [0.2, 0.25) is 10.0 Å². The molecule has 0 aromatic heterocycles. The van der Waals surface area contributed by atoms with Gasteiger partial charge in [0.05, 0.1) is 22.8 Å². The summed E-state index contributed by atoms with van der Waals surface area (Å²) >= 11 is 0. The molecule has 0 fully saturated rings. The first-order chi connectivity index (χ1) is 9.10. The second kappa shape index (κ2) is 5.83. The summed E-state index contributed by atoms with van der Waals surface area (Å²) in [5.74, 6) is -4.25. The van der Waals surface area contributed by atoms with E-state index in [0.29, 0.717) is 0 Å². The summed E-state index contributed by atoms with van der Waals surface area (Å²) in [7, 11) is -2.62. The molecule has 0 unspecified atom stereocenters. The number of hydrogen-bond acceptors (Lipinski definition) is 4. The zero-order valence-electron chi connectivity index (χ0n) is 10.3. The van der Waals surface area contributed by atoms with Gasteiger partial charge in [-0.15, -0.1) is 0 Å². The van der Waals surface area contributed by atoms with Gasteiger partial charge in [0, 0.05) is 0 Å². The highest BCUT2D eigenvalue weighted by Gasteiger charge is 2.40. The Balaban J connectivity index is 3.00. The predicted octanol–water partition coefficient (Wildman–Crippen LogP) is 1.49. The van der Waals surface area contributed by atoms with Crippen LogP contribution >= 0.6 is 0 Å². The standard InChI is InChI=1S/C10H13F4N3O2S/c1-16-20(18,19)6-2-3-7(15)8(4-6)17-5-10(13,14)9(11)12/h2-4,9,16-17H,5,15H2,1H3. The molecule has 1 aromatic carbocycles. The molecular formula is C10H13F4N3O2S. The number of anilines is 2. The molecule has 0 aliphatic carbocycles. The highest BCUT2D eigenvalue weighted by atomic mass is 32.2. The number of nitrogens with two attached hydrogens (primary N) is 1. The highest BCUT2D eigenvalue weighted by molar-refractivity contribution is 7.89. The zero-order valence-corrected chi connectivity index (χ0v) is 11.1. The van der Waals surface area contributed by atoms with Crippen molar-refractivity contribution in [2.75, 3.05) is 24.6 Å². The first-order valence-electron chi connectivity index (χ1n) is 5.33. The van der Waals surface area contributed by atoms with Crippen molar-refractivity contribution in [3.05, 3.63) is 18.2 Å². The number of hydrogen-bond donors (Lipinski definition) is 3. The number of nitrogen functional groups attached to an aromatic ring is 1. The van der Waals surface area contributed by atoms with Crippen LogP contribution in [0.15, 0.2) is 23.1 Å². The van der Waals surface area contributed by atoms with Gasteiger partial charge in [0.15, 0.2) is 0 Å². The van der Waals surface area contributed by atoms with E-state index >= 15 is 0 Å². The van der Waals surface area contributed by atoms with Gasteiger partial charge in [-0.3, -0.25) is 0 Å². The first-order valence-corrected chi connectivity index (χ1v) is 6.81. The molecule has 0 aliphatic rings. The van der Waals surface area contributed by atoms with Crippen LogP contribution < -0.4 is 15.8 Å². The number of rotatable bonds is 6. The van der Waals surface area contributed by atoms with Gasteiger partial charge >= 0.3 is 12.3 Å². The van der Waals surface area contributed by atoms with Crippen molar-refractivity contribution in [2.45, 2.75) is 17.2 Å². The summed E-state index contributed by atoms with van der Waals surface area (Å²) in [6, 6.07) is 3.33. The molecule has 0 saturated carbocycles. The Morgan fingerprint density at radius 2 is 1.95 bits per heavy atom. The summed E-state index contributed by atoms with van der Waals surface area (Å²) in [5, 5.41) is 2.02. The number of halogens is 4. The third kappa shape index (κ3) is 3.73. The minimum Gasteiger partial charge on any atom is -0.397 e. The summed E-state index contributed by atoms with van der Waals surface area (Å²) < 4.78 is 74.7. The molecule has 1 rings (SSSR count). The summed E-state index contributed by atoms with van der Waals surface area (Å²) in [5.41, 5.74) is 5.27. The quantitative estimate of drug-likeness (QED) is 0.548. The Kier molecular flexibility index (Phi) is 4.81. The normalized spacial score (nSPS) is 12.7. The van der Waals surface area contributed by atoms with Gasteiger partial charge < -0.3 is 11.1 Å². The van der Waals surface area contributed by atoms with E-state index in [-0.39, 0.29) is 16.3 Å². The third-order valence-corrected chi connectivity index (χ3v) is 3.85. The predicted molar refractivity (Wildman–Crippen MR) is 66.5 cm³/mol. The Morgan fingerprint density at radius 1 is 1.35 bits per heavy atom. The lowest BCUT2D eigenvalue weighted by Gasteiger charge is -2.18. The molecule has 114 valence electrons. The van der Waals surface area contributed by atoms with Crippen molar-refractivity contribution in [3.8, 4) is 0 Å². The van der Waals surface area contributed by atoms with Crippen LogP contribution in [0.5, 0.6) is 0 Å². The third-order valence-electron chi connectivity index (χ3n) is 2.44. The van der Waals surface area contributed by atoms with Gasteiger partial charge in [-0.2, -0.15) is 8.78 Å². The van der Waals surface area contributed by atoms with Gasteiger partial charge in [-0.25, -0.2) is 21.9 Å². The van der Waals surface area contributed by atoms with Crippen LogP contribution in [0.1, 0.15) is 0 Å². The highest BCUT2D eigenvalue weighted by Crippen LogP contribution is 2.27. The fourth-order valence-electron chi connectivity index (χ4n) is 1.26. The average molecular weight is 315 g/mol. The molecule has 0 amide bonds. The van der Waals surface area contributed by atoms with Gasteiger partial charge in [0.1, 0.15) is 0 Å². The van der Waals surface area contributed by atoms with E-state index in [9.17, 15) is 26.0 Å². The number of alkyl halides is 4.